The molecule has 1 fully saturated rings. The Kier molecular flexibility index (Phi) is 4.08. The minimum Gasteiger partial charge on any atom is -0.376 e. The molecule has 0 spiro atoms. The summed E-state index contributed by atoms with van der Waals surface area (Å²) in [6, 6.07) is 5.71. The first-order valence-electron chi connectivity index (χ1n) is 6.71. The molecule has 0 radical (unpaired) electrons. The van der Waals surface area contributed by atoms with Gasteiger partial charge in [-0.15, -0.1) is 0 Å². The van der Waals surface area contributed by atoms with E-state index in [0.717, 1.165) is 30.7 Å². The molecule has 5 heteroatoms. The smallest absolute Gasteiger partial charge is 0.252 e. The van der Waals surface area contributed by atoms with Crippen molar-refractivity contribution in [1.29, 1.82) is 0 Å². The lowest BCUT2D eigenvalue weighted by molar-refractivity contribution is 0.0857. The molecule has 104 valence electrons. The van der Waals surface area contributed by atoms with Gasteiger partial charge in [-0.2, -0.15) is 11.3 Å². The number of carbonyl (C=O) groups is 1. The molecular weight excluding hydrogens is 272 g/mol. The number of amides is 1. The summed E-state index contributed by atoms with van der Waals surface area (Å²) in [5, 5.41) is 6.95. The number of ether oxygens (including phenoxy) is 1. The largest absolute Gasteiger partial charge is 0.376 e. The summed E-state index contributed by atoms with van der Waals surface area (Å²) in [4.78, 5) is 16.3. The third kappa shape index (κ3) is 3.05. The summed E-state index contributed by atoms with van der Waals surface area (Å²) in [7, 11) is 0. The molecular formula is C15H16N2O2S. The monoisotopic (exact) mass is 288 g/mol. The summed E-state index contributed by atoms with van der Waals surface area (Å²) in [5.74, 6) is -0.0927. The highest BCUT2D eigenvalue weighted by Crippen LogP contribution is 2.19. The molecule has 0 saturated carbocycles. The van der Waals surface area contributed by atoms with Crippen molar-refractivity contribution in [1.82, 2.24) is 10.3 Å². The number of nitrogens with zero attached hydrogens (tertiary/aromatic N) is 1. The maximum atomic E-state index is 12.0. The molecule has 1 unspecified atom stereocenters. The van der Waals surface area contributed by atoms with Gasteiger partial charge in [0.15, 0.2) is 0 Å². The maximum Gasteiger partial charge on any atom is 0.252 e. The molecule has 1 N–H and O–H groups in total. The van der Waals surface area contributed by atoms with Crippen LogP contribution in [0.5, 0.6) is 0 Å². The van der Waals surface area contributed by atoms with Crippen LogP contribution in [0, 0.1) is 0 Å². The topological polar surface area (TPSA) is 51.2 Å². The predicted molar refractivity (Wildman–Crippen MR) is 78.9 cm³/mol. The lowest BCUT2D eigenvalue weighted by Crippen LogP contribution is -2.31. The van der Waals surface area contributed by atoms with Crippen LogP contribution in [0.3, 0.4) is 0 Å². The lowest BCUT2D eigenvalue weighted by atomic mass is 10.2. The van der Waals surface area contributed by atoms with Crippen LogP contribution in [0.4, 0.5) is 0 Å². The molecule has 1 aliphatic rings. The van der Waals surface area contributed by atoms with Crippen molar-refractivity contribution in [2.24, 2.45) is 0 Å². The second-order valence-electron chi connectivity index (χ2n) is 4.79. The Morgan fingerprint density at radius 1 is 1.45 bits per heavy atom. The van der Waals surface area contributed by atoms with Crippen molar-refractivity contribution in [3.8, 4) is 11.3 Å². The summed E-state index contributed by atoms with van der Waals surface area (Å²) in [6.07, 6.45) is 3.89. The Morgan fingerprint density at radius 2 is 2.40 bits per heavy atom. The highest BCUT2D eigenvalue weighted by Gasteiger charge is 2.16. The van der Waals surface area contributed by atoms with E-state index in [9.17, 15) is 4.79 Å². The first-order valence-corrected chi connectivity index (χ1v) is 7.65. The lowest BCUT2D eigenvalue weighted by Gasteiger charge is -2.10. The number of pyridine rings is 1. The number of nitrogens with one attached hydrogen (secondary N) is 1. The maximum absolute atomic E-state index is 12.0. The Bertz CT molecular complexity index is 560. The van der Waals surface area contributed by atoms with Gasteiger partial charge in [-0.05, 0) is 36.4 Å². The predicted octanol–water partition coefficient (Wildman–Crippen LogP) is 2.72. The normalized spacial score (nSPS) is 18.1. The fourth-order valence-electron chi connectivity index (χ4n) is 2.22. The molecule has 3 rings (SSSR count). The van der Waals surface area contributed by atoms with Crippen LogP contribution in [0.2, 0.25) is 0 Å². The van der Waals surface area contributed by atoms with Crippen LogP contribution < -0.4 is 5.32 Å². The first-order chi connectivity index (χ1) is 9.83. The van der Waals surface area contributed by atoms with Crippen LogP contribution in [-0.2, 0) is 4.74 Å². The van der Waals surface area contributed by atoms with Gasteiger partial charge in [-0.3, -0.25) is 9.78 Å². The average Bonchev–Trinajstić information content (AvgIpc) is 3.18. The molecule has 1 aliphatic heterocycles. The molecule has 0 bridgehead atoms. The van der Waals surface area contributed by atoms with Crippen molar-refractivity contribution in [2.45, 2.75) is 18.9 Å². The van der Waals surface area contributed by atoms with Gasteiger partial charge >= 0.3 is 0 Å². The van der Waals surface area contributed by atoms with Gasteiger partial charge in [0.1, 0.15) is 0 Å². The zero-order valence-electron chi connectivity index (χ0n) is 11.0. The van der Waals surface area contributed by atoms with E-state index in [4.69, 9.17) is 4.74 Å². The van der Waals surface area contributed by atoms with Crippen LogP contribution in [-0.4, -0.2) is 30.1 Å². The summed E-state index contributed by atoms with van der Waals surface area (Å²) in [6.45, 7) is 1.38. The summed E-state index contributed by atoms with van der Waals surface area (Å²) < 4.78 is 5.48. The van der Waals surface area contributed by atoms with Crippen molar-refractivity contribution in [3.05, 3.63) is 40.7 Å². The van der Waals surface area contributed by atoms with E-state index in [1.54, 1.807) is 17.5 Å². The Balaban J connectivity index is 1.60. The SMILES string of the molecule is O=C(NCC1CCCO1)c1ccc(-c2ccsc2)nc1. The molecule has 1 saturated heterocycles. The highest BCUT2D eigenvalue weighted by molar-refractivity contribution is 7.08. The van der Waals surface area contributed by atoms with E-state index in [1.165, 1.54) is 0 Å². The van der Waals surface area contributed by atoms with Gasteiger partial charge in [0.25, 0.3) is 5.91 Å². The average molecular weight is 288 g/mol. The van der Waals surface area contributed by atoms with Crippen LogP contribution >= 0.6 is 11.3 Å². The summed E-state index contributed by atoms with van der Waals surface area (Å²) in [5.41, 5.74) is 2.56. The van der Waals surface area contributed by atoms with Crippen molar-refractivity contribution in [2.75, 3.05) is 13.2 Å². The zero-order chi connectivity index (χ0) is 13.8. The van der Waals surface area contributed by atoms with Gasteiger partial charge in [-0.25, -0.2) is 0 Å². The fraction of sp³-hybridized carbons (Fsp3) is 0.333. The van der Waals surface area contributed by atoms with E-state index in [-0.39, 0.29) is 12.0 Å². The molecule has 2 aromatic heterocycles. The number of hydrogen-bond acceptors (Lipinski definition) is 4. The molecule has 1 amide bonds. The zero-order valence-corrected chi connectivity index (χ0v) is 11.9. The van der Waals surface area contributed by atoms with E-state index in [2.05, 4.69) is 10.3 Å². The third-order valence-corrected chi connectivity index (χ3v) is 4.04. The molecule has 4 nitrogen and oxygen atoms in total. The Morgan fingerprint density at radius 3 is 3.05 bits per heavy atom. The fourth-order valence-corrected chi connectivity index (χ4v) is 2.87. The van der Waals surface area contributed by atoms with Crippen LogP contribution in [0.1, 0.15) is 23.2 Å². The number of hydrogen-bond donors (Lipinski definition) is 1. The second kappa shape index (κ2) is 6.15. The quantitative estimate of drug-likeness (QED) is 0.941. The first kappa shape index (κ1) is 13.3. The minimum atomic E-state index is -0.0927. The Hall–Kier alpha value is -1.72. The van der Waals surface area contributed by atoms with Crippen LogP contribution in [0.15, 0.2) is 35.2 Å². The number of rotatable bonds is 4. The van der Waals surface area contributed by atoms with E-state index in [0.29, 0.717) is 12.1 Å². The summed E-state index contributed by atoms with van der Waals surface area (Å²) >= 11 is 1.63. The Labute approximate surface area is 121 Å². The van der Waals surface area contributed by atoms with Crippen molar-refractivity contribution < 1.29 is 9.53 Å². The molecule has 0 aromatic carbocycles. The second-order valence-corrected chi connectivity index (χ2v) is 5.57. The van der Waals surface area contributed by atoms with E-state index >= 15 is 0 Å². The number of aromatic nitrogens is 1. The van der Waals surface area contributed by atoms with Gasteiger partial charge in [0, 0.05) is 30.3 Å². The van der Waals surface area contributed by atoms with Gasteiger partial charge in [-0.1, -0.05) is 0 Å². The van der Waals surface area contributed by atoms with E-state index < -0.39 is 0 Å². The highest BCUT2D eigenvalue weighted by atomic mass is 32.1. The number of carbonyl (C=O) groups excluding carboxylic acids is 1. The van der Waals surface area contributed by atoms with Crippen molar-refractivity contribution in [3.63, 3.8) is 0 Å². The molecule has 3 heterocycles. The third-order valence-electron chi connectivity index (χ3n) is 3.36. The molecule has 2 aromatic rings. The molecule has 20 heavy (non-hydrogen) atoms. The molecule has 1 atom stereocenters. The van der Waals surface area contributed by atoms with E-state index in [1.807, 2.05) is 29.0 Å². The van der Waals surface area contributed by atoms with Gasteiger partial charge < -0.3 is 10.1 Å². The van der Waals surface area contributed by atoms with Gasteiger partial charge in [0.2, 0.25) is 0 Å². The van der Waals surface area contributed by atoms with Crippen molar-refractivity contribution >= 4 is 17.2 Å². The van der Waals surface area contributed by atoms with Gasteiger partial charge in [0.05, 0.1) is 17.4 Å². The molecule has 0 aliphatic carbocycles. The minimum absolute atomic E-state index is 0.0927. The van der Waals surface area contributed by atoms with Crippen LogP contribution in [0.25, 0.3) is 11.3 Å². The number of thiophene rings is 1. The standard InChI is InChI=1S/C15H16N2O2S/c18-15(17-9-13-2-1-6-19-13)11-3-4-14(16-8-11)12-5-7-20-10-12/h3-5,7-8,10,13H,1-2,6,9H2,(H,17,18).